The predicted molar refractivity (Wildman–Crippen MR) is 92.1 cm³/mol. The Morgan fingerprint density at radius 3 is 2.36 bits per heavy atom. The third-order valence-electron chi connectivity index (χ3n) is 4.02. The van der Waals surface area contributed by atoms with Gasteiger partial charge in [0.05, 0.1) is 6.26 Å². The van der Waals surface area contributed by atoms with Crippen molar-refractivity contribution in [1.29, 1.82) is 0 Å². The van der Waals surface area contributed by atoms with Crippen molar-refractivity contribution in [1.82, 2.24) is 4.90 Å². The maximum atomic E-state index is 12.6. The molecule has 1 fully saturated rings. The molecule has 0 radical (unpaired) electrons. The van der Waals surface area contributed by atoms with E-state index in [9.17, 15) is 14.4 Å². The standard InChI is InChI=1S/C18H19N3O4/c1-12(22)19-13-6-8-14(9-7-13)20-17(23)15-4-2-10-21(15)18(24)16-5-3-11-25-16/h3,5-9,11,15H,2,4,10H2,1H3,(H,19,22)(H,20,23)/t15-/m0/s1. The number of hydrogen-bond donors (Lipinski definition) is 2. The van der Waals surface area contributed by atoms with Crippen LogP contribution in [0.3, 0.4) is 0 Å². The predicted octanol–water partition coefficient (Wildman–Crippen LogP) is 2.48. The smallest absolute Gasteiger partial charge is 0.290 e. The molecular formula is C18H19N3O4. The third kappa shape index (κ3) is 3.88. The Kier molecular flexibility index (Phi) is 4.83. The summed E-state index contributed by atoms with van der Waals surface area (Å²) in [7, 11) is 0. The number of anilines is 2. The minimum Gasteiger partial charge on any atom is -0.459 e. The van der Waals surface area contributed by atoms with Gasteiger partial charge in [0.1, 0.15) is 6.04 Å². The molecule has 1 aromatic carbocycles. The summed E-state index contributed by atoms with van der Waals surface area (Å²) in [6, 6.07) is 9.54. The van der Waals surface area contributed by atoms with Gasteiger partial charge in [-0.25, -0.2) is 0 Å². The lowest BCUT2D eigenvalue weighted by molar-refractivity contribution is -0.119. The first-order chi connectivity index (χ1) is 12.0. The maximum Gasteiger partial charge on any atom is 0.290 e. The Morgan fingerprint density at radius 1 is 1.08 bits per heavy atom. The Morgan fingerprint density at radius 2 is 1.76 bits per heavy atom. The first-order valence-electron chi connectivity index (χ1n) is 8.07. The molecule has 1 aliphatic heterocycles. The summed E-state index contributed by atoms with van der Waals surface area (Å²) in [5.41, 5.74) is 1.26. The zero-order valence-corrected chi connectivity index (χ0v) is 13.8. The van der Waals surface area contributed by atoms with Crippen molar-refractivity contribution >= 4 is 29.1 Å². The monoisotopic (exact) mass is 341 g/mol. The van der Waals surface area contributed by atoms with E-state index in [2.05, 4.69) is 10.6 Å². The summed E-state index contributed by atoms with van der Waals surface area (Å²) in [5.74, 6) is -0.428. The molecule has 3 rings (SSSR count). The molecule has 0 unspecified atom stereocenters. The summed E-state index contributed by atoms with van der Waals surface area (Å²) in [6.45, 7) is 1.96. The minimum atomic E-state index is -0.521. The summed E-state index contributed by atoms with van der Waals surface area (Å²) >= 11 is 0. The summed E-state index contributed by atoms with van der Waals surface area (Å²) in [6.07, 6.45) is 2.82. The summed E-state index contributed by atoms with van der Waals surface area (Å²) < 4.78 is 5.14. The summed E-state index contributed by atoms with van der Waals surface area (Å²) in [4.78, 5) is 37.6. The molecule has 1 aromatic heterocycles. The van der Waals surface area contributed by atoms with E-state index in [-0.39, 0.29) is 23.5 Å². The van der Waals surface area contributed by atoms with Gasteiger partial charge in [0.2, 0.25) is 11.8 Å². The van der Waals surface area contributed by atoms with Crippen molar-refractivity contribution in [2.75, 3.05) is 17.2 Å². The van der Waals surface area contributed by atoms with Crippen LogP contribution in [0, 0.1) is 0 Å². The molecule has 2 aromatic rings. The van der Waals surface area contributed by atoms with E-state index >= 15 is 0 Å². The van der Waals surface area contributed by atoms with Crippen LogP contribution in [0.15, 0.2) is 47.1 Å². The molecule has 1 aliphatic rings. The molecule has 0 bridgehead atoms. The van der Waals surface area contributed by atoms with Gasteiger partial charge in [0.25, 0.3) is 5.91 Å². The number of rotatable bonds is 4. The Labute approximate surface area is 145 Å². The molecule has 0 spiro atoms. The first-order valence-corrected chi connectivity index (χ1v) is 8.07. The highest BCUT2D eigenvalue weighted by molar-refractivity contribution is 6.00. The highest BCUT2D eigenvalue weighted by atomic mass is 16.3. The number of nitrogens with one attached hydrogen (secondary N) is 2. The Hall–Kier alpha value is -3.09. The van der Waals surface area contributed by atoms with Crippen molar-refractivity contribution in [3.63, 3.8) is 0 Å². The van der Waals surface area contributed by atoms with Crippen LogP contribution in [-0.2, 0) is 9.59 Å². The van der Waals surface area contributed by atoms with E-state index in [0.29, 0.717) is 24.3 Å². The molecule has 0 aliphatic carbocycles. The van der Waals surface area contributed by atoms with Crippen LogP contribution in [0.1, 0.15) is 30.3 Å². The van der Waals surface area contributed by atoms with E-state index in [0.717, 1.165) is 6.42 Å². The topological polar surface area (TPSA) is 91.7 Å². The molecule has 7 heteroatoms. The number of hydrogen-bond acceptors (Lipinski definition) is 4. The van der Waals surface area contributed by atoms with E-state index in [4.69, 9.17) is 4.42 Å². The maximum absolute atomic E-state index is 12.6. The summed E-state index contributed by atoms with van der Waals surface area (Å²) in [5, 5.41) is 5.48. The normalized spacial score (nSPS) is 16.5. The number of nitrogens with zero attached hydrogens (tertiary/aromatic N) is 1. The van der Waals surface area contributed by atoms with E-state index in [1.807, 2.05) is 0 Å². The van der Waals surface area contributed by atoms with Gasteiger partial charge < -0.3 is 20.0 Å². The van der Waals surface area contributed by atoms with Crippen LogP contribution in [0.5, 0.6) is 0 Å². The van der Waals surface area contributed by atoms with Crippen molar-refractivity contribution in [3.05, 3.63) is 48.4 Å². The molecule has 0 saturated carbocycles. The number of amides is 3. The Bertz CT molecular complexity index is 768. The van der Waals surface area contributed by atoms with Gasteiger partial charge in [-0.15, -0.1) is 0 Å². The fraction of sp³-hybridized carbons (Fsp3) is 0.278. The largest absolute Gasteiger partial charge is 0.459 e. The number of furan rings is 1. The van der Waals surface area contributed by atoms with Gasteiger partial charge in [0, 0.05) is 24.8 Å². The average molecular weight is 341 g/mol. The number of likely N-dealkylation sites (tertiary alicyclic amines) is 1. The second-order valence-electron chi connectivity index (χ2n) is 5.88. The van der Waals surface area contributed by atoms with Gasteiger partial charge in [-0.05, 0) is 49.2 Å². The molecule has 130 valence electrons. The SMILES string of the molecule is CC(=O)Nc1ccc(NC(=O)[C@@H]2CCCN2C(=O)c2ccco2)cc1. The quantitative estimate of drug-likeness (QED) is 0.894. The van der Waals surface area contributed by atoms with Crippen LogP contribution in [0.4, 0.5) is 11.4 Å². The van der Waals surface area contributed by atoms with Crippen molar-refractivity contribution in [3.8, 4) is 0 Å². The van der Waals surface area contributed by atoms with Crippen molar-refractivity contribution in [2.24, 2.45) is 0 Å². The van der Waals surface area contributed by atoms with Gasteiger partial charge in [-0.1, -0.05) is 0 Å². The lowest BCUT2D eigenvalue weighted by Gasteiger charge is -2.23. The van der Waals surface area contributed by atoms with E-state index in [1.54, 1.807) is 41.3 Å². The molecular weight excluding hydrogens is 322 g/mol. The highest BCUT2D eigenvalue weighted by Gasteiger charge is 2.35. The molecule has 25 heavy (non-hydrogen) atoms. The second-order valence-corrected chi connectivity index (χ2v) is 5.88. The number of carbonyl (C=O) groups excluding carboxylic acids is 3. The minimum absolute atomic E-state index is 0.158. The number of benzene rings is 1. The third-order valence-corrected chi connectivity index (χ3v) is 4.02. The molecule has 2 heterocycles. The van der Waals surface area contributed by atoms with Crippen LogP contribution >= 0.6 is 0 Å². The number of carbonyl (C=O) groups is 3. The zero-order valence-electron chi connectivity index (χ0n) is 13.8. The van der Waals surface area contributed by atoms with Gasteiger partial charge >= 0.3 is 0 Å². The highest BCUT2D eigenvalue weighted by Crippen LogP contribution is 2.22. The first kappa shape index (κ1) is 16.8. The van der Waals surface area contributed by atoms with Gasteiger partial charge in [0.15, 0.2) is 5.76 Å². The molecule has 1 atom stereocenters. The van der Waals surface area contributed by atoms with Crippen LogP contribution in [0.2, 0.25) is 0 Å². The molecule has 3 amide bonds. The fourth-order valence-electron chi connectivity index (χ4n) is 2.89. The van der Waals surface area contributed by atoms with E-state index in [1.165, 1.54) is 13.2 Å². The molecule has 1 saturated heterocycles. The van der Waals surface area contributed by atoms with Crippen molar-refractivity contribution in [2.45, 2.75) is 25.8 Å². The second kappa shape index (κ2) is 7.21. The van der Waals surface area contributed by atoms with Gasteiger partial charge in [-0.2, -0.15) is 0 Å². The van der Waals surface area contributed by atoms with Crippen LogP contribution < -0.4 is 10.6 Å². The van der Waals surface area contributed by atoms with Crippen molar-refractivity contribution < 1.29 is 18.8 Å². The molecule has 2 N–H and O–H groups in total. The van der Waals surface area contributed by atoms with Crippen LogP contribution in [-0.4, -0.2) is 35.2 Å². The average Bonchev–Trinajstić information content (AvgIpc) is 3.27. The Balaban J connectivity index is 1.65. The fourth-order valence-corrected chi connectivity index (χ4v) is 2.89. The van der Waals surface area contributed by atoms with Crippen LogP contribution in [0.25, 0.3) is 0 Å². The van der Waals surface area contributed by atoms with Gasteiger partial charge in [-0.3, -0.25) is 14.4 Å². The lowest BCUT2D eigenvalue weighted by atomic mass is 10.2. The zero-order chi connectivity index (χ0) is 17.8. The molecule has 7 nitrogen and oxygen atoms in total. The van der Waals surface area contributed by atoms with E-state index < -0.39 is 6.04 Å². The lowest BCUT2D eigenvalue weighted by Crippen LogP contribution is -2.43.